The second kappa shape index (κ2) is 7.82. The average molecular weight is 362 g/mol. The summed E-state index contributed by atoms with van der Waals surface area (Å²) in [5.74, 6) is 0.365. The summed E-state index contributed by atoms with van der Waals surface area (Å²) in [5, 5.41) is 3.28. The van der Waals surface area contributed by atoms with E-state index in [0.29, 0.717) is 28.5 Å². The van der Waals surface area contributed by atoms with Gasteiger partial charge in [0.1, 0.15) is 16.3 Å². The Labute approximate surface area is 150 Å². The molecule has 0 aromatic carbocycles. The zero-order chi connectivity index (χ0) is 18.6. The van der Waals surface area contributed by atoms with Gasteiger partial charge in [0.2, 0.25) is 5.91 Å². The van der Waals surface area contributed by atoms with Gasteiger partial charge in [-0.2, -0.15) is 0 Å². The van der Waals surface area contributed by atoms with E-state index < -0.39 is 17.2 Å². The molecule has 1 aliphatic heterocycles. The van der Waals surface area contributed by atoms with Crippen LogP contribution in [0.4, 0.5) is 0 Å². The van der Waals surface area contributed by atoms with Gasteiger partial charge in [0.05, 0.1) is 6.04 Å². The third-order valence-electron chi connectivity index (χ3n) is 3.90. The molecule has 2 rings (SSSR count). The van der Waals surface area contributed by atoms with Crippen molar-refractivity contribution in [3.8, 4) is 0 Å². The van der Waals surface area contributed by atoms with Crippen molar-refractivity contribution in [1.29, 1.82) is 0 Å². The molecule has 2 heterocycles. The Kier molecular flexibility index (Phi) is 6.00. The third kappa shape index (κ3) is 4.48. The van der Waals surface area contributed by atoms with Crippen molar-refractivity contribution in [1.82, 2.24) is 5.32 Å². The molecule has 1 aromatic heterocycles. The highest BCUT2D eigenvalue weighted by Crippen LogP contribution is 2.30. The number of hydrogen-bond donors (Lipinski definition) is 1. The first kappa shape index (κ1) is 19.2. The maximum absolute atomic E-state index is 12.8. The Bertz CT molecular complexity index is 784. The topological polar surface area (TPSA) is 88.7 Å². The number of carbonyl (C=O) groups is 2. The van der Waals surface area contributed by atoms with E-state index in [1.807, 2.05) is 6.92 Å². The van der Waals surface area contributed by atoms with E-state index in [1.54, 1.807) is 19.1 Å². The van der Waals surface area contributed by atoms with Crippen LogP contribution < -0.4 is 10.9 Å². The predicted molar refractivity (Wildman–Crippen MR) is 99.8 cm³/mol. The molecule has 7 heteroatoms. The number of ketones is 1. The SMILES string of the molecule is C=Cc1cc([C@@H](CCC)NC(=O)[C@]2(C)CSC(C(C)=O)=N2)oc(=O)c1. The number of nitrogens with one attached hydrogen (secondary N) is 1. The summed E-state index contributed by atoms with van der Waals surface area (Å²) >= 11 is 1.28. The summed E-state index contributed by atoms with van der Waals surface area (Å²) in [6.07, 6.45) is 2.96. The molecule has 25 heavy (non-hydrogen) atoms. The summed E-state index contributed by atoms with van der Waals surface area (Å²) in [5.41, 5.74) is -0.850. The number of hydrogen-bond acceptors (Lipinski definition) is 6. The minimum Gasteiger partial charge on any atom is -0.426 e. The van der Waals surface area contributed by atoms with Crippen LogP contribution in [0.25, 0.3) is 6.08 Å². The largest absolute Gasteiger partial charge is 0.426 e. The van der Waals surface area contributed by atoms with E-state index in [9.17, 15) is 14.4 Å². The van der Waals surface area contributed by atoms with Crippen LogP contribution in [-0.4, -0.2) is 28.0 Å². The molecule has 1 aliphatic rings. The molecule has 0 spiro atoms. The van der Waals surface area contributed by atoms with E-state index in [4.69, 9.17) is 4.42 Å². The van der Waals surface area contributed by atoms with Crippen molar-refractivity contribution in [3.63, 3.8) is 0 Å². The maximum Gasteiger partial charge on any atom is 0.336 e. The first-order valence-electron chi connectivity index (χ1n) is 8.11. The Morgan fingerprint density at radius 3 is 2.80 bits per heavy atom. The van der Waals surface area contributed by atoms with Crippen molar-refractivity contribution in [2.24, 2.45) is 4.99 Å². The number of carbonyl (C=O) groups excluding carboxylic acids is 2. The van der Waals surface area contributed by atoms with Crippen molar-refractivity contribution < 1.29 is 14.0 Å². The van der Waals surface area contributed by atoms with Crippen LogP contribution in [0.2, 0.25) is 0 Å². The lowest BCUT2D eigenvalue weighted by molar-refractivity contribution is -0.125. The first-order valence-corrected chi connectivity index (χ1v) is 9.09. The molecule has 0 fully saturated rings. The van der Waals surface area contributed by atoms with E-state index in [0.717, 1.165) is 6.42 Å². The maximum atomic E-state index is 12.8. The van der Waals surface area contributed by atoms with Crippen molar-refractivity contribution >= 4 is 34.6 Å². The van der Waals surface area contributed by atoms with Gasteiger partial charge in [0.25, 0.3) is 0 Å². The van der Waals surface area contributed by atoms with Gasteiger partial charge in [0, 0.05) is 18.7 Å². The Balaban J connectivity index is 2.26. The molecule has 1 N–H and O–H groups in total. The smallest absolute Gasteiger partial charge is 0.336 e. The number of amides is 1. The molecule has 0 radical (unpaired) electrons. The Morgan fingerprint density at radius 2 is 2.24 bits per heavy atom. The van der Waals surface area contributed by atoms with Gasteiger partial charge in [-0.3, -0.25) is 14.6 Å². The van der Waals surface area contributed by atoms with Crippen LogP contribution in [0.5, 0.6) is 0 Å². The molecule has 1 amide bonds. The second-order valence-electron chi connectivity index (χ2n) is 6.17. The first-order chi connectivity index (χ1) is 11.8. The molecule has 1 aromatic rings. The molecule has 0 bridgehead atoms. The van der Waals surface area contributed by atoms with Gasteiger partial charge in [-0.15, -0.1) is 11.8 Å². The van der Waals surface area contributed by atoms with E-state index in [1.165, 1.54) is 24.8 Å². The van der Waals surface area contributed by atoms with Gasteiger partial charge in [0.15, 0.2) is 5.78 Å². The fraction of sp³-hybridized carbons (Fsp3) is 0.444. The quantitative estimate of drug-likeness (QED) is 0.806. The standard InChI is InChI=1S/C18H22N2O4S/c1-5-7-13(14-8-12(6-2)9-15(22)24-14)19-17(23)18(4)10-25-16(20-18)11(3)21/h6,8-9,13H,2,5,7,10H2,1,3-4H3,(H,19,23)/t13-,18+/m1/s1. The summed E-state index contributed by atoms with van der Waals surface area (Å²) in [6.45, 7) is 8.77. The number of aliphatic imine (C=N–C) groups is 1. The lowest BCUT2D eigenvalue weighted by Gasteiger charge is -2.24. The number of nitrogens with zero attached hydrogens (tertiary/aromatic N) is 1. The minimum absolute atomic E-state index is 0.142. The Hall–Kier alpha value is -2.15. The fourth-order valence-corrected chi connectivity index (χ4v) is 3.57. The highest BCUT2D eigenvalue weighted by molar-refractivity contribution is 8.16. The molecule has 0 saturated carbocycles. The molecular weight excluding hydrogens is 340 g/mol. The highest BCUT2D eigenvalue weighted by atomic mass is 32.2. The summed E-state index contributed by atoms with van der Waals surface area (Å²) in [6, 6.07) is 2.61. The highest BCUT2D eigenvalue weighted by Gasteiger charge is 2.40. The molecule has 0 saturated heterocycles. The predicted octanol–water partition coefficient (Wildman–Crippen LogP) is 2.73. The number of rotatable bonds is 7. The van der Waals surface area contributed by atoms with Gasteiger partial charge in [-0.1, -0.05) is 26.0 Å². The zero-order valence-corrected chi connectivity index (χ0v) is 15.4. The Morgan fingerprint density at radius 1 is 1.52 bits per heavy atom. The van der Waals surface area contributed by atoms with Gasteiger partial charge in [-0.25, -0.2) is 4.79 Å². The molecule has 6 nitrogen and oxygen atoms in total. The van der Waals surface area contributed by atoms with Crippen molar-refractivity contribution in [3.05, 3.63) is 40.5 Å². The normalized spacial score (nSPS) is 20.7. The molecule has 2 atom stereocenters. The monoisotopic (exact) mass is 362 g/mol. The molecule has 134 valence electrons. The van der Waals surface area contributed by atoms with Gasteiger partial charge < -0.3 is 9.73 Å². The second-order valence-corrected chi connectivity index (χ2v) is 7.13. The molecular formula is C18H22N2O4S. The van der Waals surface area contributed by atoms with Crippen LogP contribution in [0.3, 0.4) is 0 Å². The van der Waals surface area contributed by atoms with Crippen LogP contribution >= 0.6 is 11.8 Å². The van der Waals surface area contributed by atoms with Crippen LogP contribution in [0.15, 0.2) is 32.9 Å². The van der Waals surface area contributed by atoms with E-state index >= 15 is 0 Å². The third-order valence-corrected chi connectivity index (χ3v) is 5.26. The molecule has 0 unspecified atom stereocenters. The average Bonchev–Trinajstić information content (AvgIpc) is 2.98. The summed E-state index contributed by atoms with van der Waals surface area (Å²) < 4.78 is 5.28. The van der Waals surface area contributed by atoms with E-state index in [-0.39, 0.29) is 11.7 Å². The van der Waals surface area contributed by atoms with Crippen LogP contribution in [-0.2, 0) is 9.59 Å². The lowest BCUT2D eigenvalue weighted by atomic mass is 10.0. The number of thioether (sulfide) groups is 1. The number of Topliss-reactive ketones (excluding diaryl/α,β-unsaturated/α-hetero) is 1. The van der Waals surface area contributed by atoms with Gasteiger partial charge >= 0.3 is 5.63 Å². The van der Waals surface area contributed by atoms with Crippen LogP contribution in [0, 0.1) is 0 Å². The minimum atomic E-state index is -1.01. The summed E-state index contributed by atoms with van der Waals surface area (Å²) in [7, 11) is 0. The van der Waals surface area contributed by atoms with E-state index in [2.05, 4.69) is 16.9 Å². The van der Waals surface area contributed by atoms with Crippen molar-refractivity contribution in [2.45, 2.75) is 45.2 Å². The zero-order valence-electron chi connectivity index (χ0n) is 14.6. The fourth-order valence-electron chi connectivity index (χ4n) is 2.49. The summed E-state index contributed by atoms with van der Waals surface area (Å²) in [4.78, 5) is 40.2. The van der Waals surface area contributed by atoms with Crippen LogP contribution in [0.1, 0.15) is 51.0 Å². The van der Waals surface area contributed by atoms with Gasteiger partial charge in [-0.05, 0) is 25.0 Å². The van der Waals surface area contributed by atoms with Crippen molar-refractivity contribution in [2.75, 3.05) is 5.75 Å². The molecule has 0 aliphatic carbocycles. The lowest BCUT2D eigenvalue weighted by Crippen LogP contribution is -2.45.